The third-order valence-corrected chi connectivity index (χ3v) is 3.60. The average Bonchev–Trinajstić information content (AvgIpc) is 2.47. The molecule has 1 fully saturated rings. The minimum absolute atomic E-state index is 0.141. The van der Waals surface area contributed by atoms with E-state index in [0.29, 0.717) is 5.95 Å². The number of pyridine rings is 1. The number of anilines is 1. The van der Waals surface area contributed by atoms with E-state index in [-0.39, 0.29) is 25.9 Å². The van der Waals surface area contributed by atoms with Crippen LogP contribution in [0.3, 0.4) is 0 Å². The first-order chi connectivity index (χ1) is 10.0. The number of aromatic nitrogens is 3. The average molecular weight is 290 g/mol. The quantitative estimate of drug-likeness (QED) is 0.852. The van der Waals surface area contributed by atoms with Gasteiger partial charge >= 0.3 is 0 Å². The smallest absolute Gasteiger partial charge is 0.251 e. The molecule has 0 spiro atoms. The highest BCUT2D eigenvalue weighted by Gasteiger charge is 2.34. The molecule has 0 aliphatic carbocycles. The van der Waals surface area contributed by atoms with Gasteiger partial charge in [0.25, 0.3) is 5.92 Å². The Labute approximate surface area is 121 Å². The second kappa shape index (κ2) is 5.35. The van der Waals surface area contributed by atoms with Gasteiger partial charge in [-0.05, 0) is 19.1 Å². The van der Waals surface area contributed by atoms with Gasteiger partial charge in [-0.15, -0.1) is 0 Å². The molecule has 1 aliphatic heterocycles. The Balaban J connectivity index is 1.76. The van der Waals surface area contributed by atoms with Crippen LogP contribution in [-0.2, 0) is 0 Å². The molecule has 4 nitrogen and oxygen atoms in total. The number of hydrogen-bond donors (Lipinski definition) is 0. The molecule has 0 unspecified atom stereocenters. The number of piperidine rings is 1. The summed E-state index contributed by atoms with van der Waals surface area (Å²) in [7, 11) is 0. The molecule has 2 aromatic heterocycles. The van der Waals surface area contributed by atoms with Gasteiger partial charge in [0, 0.05) is 49.6 Å². The molecule has 0 N–H and O–H groups in total. The van der Waals surface area contributed by atoms with Gasteiger partial charge in [0.1, 0.15) is 0 Å². The molecular weight excluding hydrogens is 274 g/mol. The van der Waals surface area contributed by atoms with E-state index in [9.17, 15) is 8.78 Å². The molecule has 0 atom stereocenters. The molecule has 110 valence electrons. The Morgan fingerprint density at radius 2 is 1.76 bits per heavy atom. The summed E-state index contributed by atoms with van der Waals surface area (Å²) in [5.41, 5.74) is 2.56. The zero-order valence-electron chi connectivity index (χ0n) is 11.8. The lowest BCUT2D eigenvalue weighted by molar-refractivity contribution is -0.0222. The summed E-state index contributed by atoms with van der Waals surface area (Å²) in [4.78, 5) is 14.8. The maximum absolute atomic E-state index is 13.1. The summed E-state index contributed by atoms with van der Waals surface area (Å²) < 4.78 is 26.3. The number of rotatable bonds is 2. The first-order valence-electron chi connectivity index (χ1n) is 6.92. The van der Waals surface area contributed by atoms with E-state index in [4.69, 9.17) is 0 Å². The molecule has 0 aromatic carbocycles. The first-order valence-corrected chi connectivity index (χ1v) is 6.92. The highest BCUT2D eigenvalue weighted by molar-refractivity contribution is 5.57. The Morgan fingerprint density at radius 3 is 2.38 bits per heavy atom. The van der Waals surface area contributed by atoms with Crippen LogP contribution in [-0.4, -0.2) is 34.0 Å². The minimum Gasteiger partial charge on any atom is -0.340 e. The second-order valence-electron chi connectivity index (χ2n) is 5.28. The molecule has 21 heavy (non-hydrogen) atoms. The maximum Gasteiger partial charge on any atom is 0.251 e. The van der Waals surface area contributed by atoms with Gasteiger partial charge in [0.2, 0.25) is 5.95 Å². The lowest BCUT2D eigenvalue weighted by Crippen LogP contribution is -2.40. The molecule has 0 saturated carbocycles. The molecular formula is C15H16F2N4. The molecule has 3 rings (SSSR count). The van der Waals surface area contributed by atoms with Gasteiger partial charge in [-0.1, -0.05) is 6.07 Å². The number of alkyl halides is 2. The van der Waals surface area contributed by atoms with Crippen LogP contribution >= 0.6 is 0 Å². The van der Waals surface area contributed by atoms with Gasteiger partial charge in [-0.3, -0.25) is 4.98 Å². The fourth-order valence-electron chi connectivity index (χ4n) is 2.35. The third kappa shape index (κ3) is 3.15. The van der Waals surface area contributed by atoms with Crippen molar-refractivity contribution in [1.29, 1.82) is 0 Å². The predicted octanol–water partition coefficient (Wildman–Crippen LogP) is 3.08. The molecule has 0 amide bonds. The number of hydrogen-bond acceptors (Lipinski definition) is 4. The van der Waals surface area contributed by atoms with Crippen molar-refractivity contribution in [2.24, 2.45) is 0 Å². The Bertz CT molecular complexity index is 618. The minimum atomic E-state index is -2.55. The van der Waals surface area contributed by atoms with E-state index < -0.39 is 5.92 Å². The highest BCUT2D eigenvalue weighted by Crippen LogP contribution is 2.29. The third-order valence-electron chi connectivity index (χ3n) is 3.60. The van der Waals surface area contributed by atoms with Crippen LogP contribution in [0.4, 0.5) is 14.7 Å². The fraction of sp³-hybridized carbons (Fsp3) is 0.400. The van der Waals surface area contributed by atoms with Crippen LogP contribution in [0.5, 0.6) is 0 Å². The maximum atomic E-state index is 13.1. The first kappa shape index (κ1) is 13.9. The van der Waals surface area contributed by atoms with Crippen molar-refractivity contribution in [1.82, 2.24) is 15.0 Å². The highest BCUT2D eigenvalue weighted by atomic mass is 19.3. The van der Waals surface area contributed by atoms with Crippen LogP contribution in [0.15, 0.2) is 30.6 Å². The molecule has 6 heteroatoms. The Morgan fingerprint density at radius 1 is 1.10 bits per heavy atom. The summed E-state index contributed by atoms with van der Waals surface area (Å²) in [6.07, 6.45) is 3.10. The van der Waals surface area contributed by atoms with Crippen molar-refractivity contribution >= 4 is 5.95 Å². The van der Waals surface area contributed by atoms with E-state index in [2.05, 4.69) is 15.0 Å². The number of halogens is 2. The normalized spacial score (nSPS) is 17.8. The standard InChI is InChI=1S/C15H16F2N4/c1-11-3-2-4-13(20-11)12-9-18-14(19-10-12)21-7-5-15(16,17)6-8-21/h2-4,9-10H,5-8H2,1H3. The van der Waals surface area contributed by atoms with Gasteiger partial charge in [-0.2, -0.15) is 0 Å². The molecule has 0 radical (unpaired) electrons. The van der Waals surface area contributed by atoms with Gasteiger partial charge in [0.15, 0.2) is 0 Å². The molecule has 1 aliphatic rings. The number of aryl methyl sites for hydroxylation is 1. The Hall–Kier alpha value is -2.11. The van der Waals surface area contributed by atoms with E-state index >= 15 is 0 Å². The van der Waals surface area contributed by atoms with Gasteiger partial charge < -0.3 is 4.90 Å². The van der Waals surface area contributed by atoms with E-state index in [1.165, 1.54) is 0 Å². The van der Waals surface area contributed by atoms with E-state index in [1.54, 1.807) is 17.3 Å². The summed E-state index contributed by atoms with van der Waals surface area (Å²) in [5.74, 6) is -2.05. The lowest BCUT2D eigenvalue weighted by atomic mass is 10.1. The zero-order valence-corrected chi connectivity index (χ0v) is 11.8. The van der Waals surface area contributed by atoms with Crippen molar-refractivity contribution in [3.63, 3.8) is 0 Å². The summed E-state index contributed by atoms with van der Waals surface area (Å²) in [6.45, 7) is 2.50. The zero-order chi connectivity index (χ0) is 14.9. The predicted molar refractivity (Wildman–Crippen MR) is 76.4 cm³/mol. The SMILES string of the molecule is Cc1cccc(-c2cnc(N3CCC(F)(F)CC3)nc2)n1. The molecule has 0 bridgehead atoms. The van der Waals surface area contributed by atoms with Crippen LogP contribution in [0.25, 0.3) is 11.3 Å². The van der Waals surface area contributed by atoms with Gasteiger partial charge in [0.05, 0.1) is 5.69 Å². The van der Waals surface area contributed by atoms with Crippen molar-refractivity contribution in [2.75, 3.05) is 18.0 Å². The largest absolute Gasteiger partial charge is 0.340 e. The lowest BCUT2D eigenvalue weighted by Gasteiger charge is -2.31. The second-order valence-corrected chi connectivity index (χ2v) is 5.28. The summed E-state index contributed by atoms with van der Waals surface area (Å²) in [6, 6.07) is 5.75. The van der Waals surface area contributed by atoms with Crippen LogP contribution in [0.2, 0.25) is 0 Å². The number of nitrogens with zero attached hydrogens (tertiary/aromatic N) is 4. The van der Waals surface area contributed by atoms with Crippen molar-refractivity contribution < 1.29 is 8.78 Å². The topological polar surface area (TPSA) is 41.9 Å². The van der Waals surface area contributed by atoms with E-state index in [0.717, 1.165) is 17.0 Å². The molecule has 2 aromatic rings. The Kier molecular flexibility index (Phi) is 3.53. The molecule has 3 heterocycles. The monoisotopic (exact) mass is 290 g/mol. The summed E-state index contributed by atoms with van der Waals surface area (Å²) >= 11 is 0. The van der Waals surface area contributed by atoms with Crippen molar-refractivity contribution in [3.05, 3.63) is 36.3 Å². The fourth-order valence-corrected chi connectivity index (χ4v) is 2.35. The van der Waals surface area contributed by atoms with Gasteiger partial charge in [-0.25, -0.2) is 18.7 Å². The van der Waals surface area contributed by atoms with Crippen LogP contribution in [0, 0.1) is 6.92 Å². The van der Waals surface area contributed by atoms with Crippen molar-refractivity contribution in [3.8, 4) is 11.3 Å². The summed E-state index contributed by atoms with van der Waals surface area (Å²) in [5, 5.41) is 0. The van der Waals surface area contributed by atoms with E-state index in [1.807, 2.05) is 25.1 Å². The van der Waals surface area contributed by atoms with Crippen molar-refractivity contribution in [2.45, 2.75) is 25.7 Å². The van der Waals surface area contributed by atoms with Crippen LogP contribution < -0.4 is 4.90 Å². The molecule has 1 saturated heterocycles. The van der Waals surface area contributed by atoms with Crippen LogP contribution in [0.1, 0.15) is 18.5 Å².